The Labute approximate surface area is 155 Å². The van der Waals surface area contributed by atoms with Gasteiger partial charge in [0.15, 0.2) is 9.84 Å². The molecule has 0 fully saturated rings. The predicted octanol–water partition coefficient (Wildman–Crippen LogP) is 2.70. The first-order valence-electron chi connectivity index (χ1n) is 8.51. The third kappa shape index (κ3) is 6.52. The summed E-state index contributed by atoms with van der Waals surface area (Å²) in [6.45, 7) is 0.343. The van der Waals surface area contributed by atoms with Gasteiger partial charge in [-0.1, -0.05) is 42.5 Å². The molecular formula is C20H25NO4S. The Morgan fingerprint density at radius 2 is 1.73 bits per heavy atom. The molecule has 1 amide bonds. The summed E-state index contributed by atoms with van der Waals surface area (Å²) in [6.07, 6.45) is 1.20. The molecule has 5 nitrogen and oxygen atoms in total. The smallest absolute Gasteiger partial charge is 0.237 e. The first-order chi connectivity index (χ1) is 12.4. The van der Waals surface area contributed by atoms with Crippen LogP contribution in [0.4, 0.5) is 0 Å². The number of methoxy groups -OCH3 is 1. The topological polar surface area (TPSA) is 63.7 Å². The Bertz CT molecular complexity index is 819. The van der Waals surface area contributed by atoms with Crippen molar-refractivity contribution in [2.45, 2.75) is 19.4 Å². The van der Waals surface area contributed by atoms with Crippen LogP contribution in [0.5, 0.6) is 5.75 Å². The second-order valence-electron chi connectivity index (χ2n) is 6.28. The highest BCUT2D eigenvalue weighted by atomic mass is 32.2. The van der Waals surface area contributed by atoms with E-state index in [1.807, 2.05) is 54.6 Å². The number of carbonyl (C=O) groups is 1. The lowest BCUT2D eigenvalue weighted by Crippen LogP contribution is -2.33. The van der Waals surface area contributed by atoms with Gasteiger partial charge in [0.1, 0.15) is 11.5 Å². The standard InChI is InChI=1S/C20H25NO4S/c1-21(15-18-10-6-12-19(14-18)25-2)20(22)16-26(23,24)13-7-11-17-8-4-3-5-9-17/h3-6,8-10,12,14H,7,11,13,15-16H2,1-2H3. The maximum Gasteiger partial charge on any atom is 0.237 e. The van der Waals surface area contributed by atoms with E-state index in [-0.39, 0.29) is 5.75 Å². The van der Waals surface area contributed by atoms with E-state index in [1.54, 1.807) is 14.2 Å². The zero-order valence-corrected chi connectivity index (χ0v) is 16.0. The second kappa shape index (κ2) is 9.38. The van der Waals surface area contributed by atoms with Crippen molar-refractivity contribution in [3.8, 4) is 5.75 Å². The van der Waals surface area contributed by atoms with Crippen LogP contribution in [0.3, 0.4) is 0 Å². The SMILES string of the molecule is COc1cccc(CN(C)C(=O)CS(=O)(=O)CCCc2ccccc2)c1. The van der Waals surface area contributed by atoms with Gasteiger partial charge in [0, 0.05) is 13.6 Å². The fourth-order valence-electron chi connectivity index (χ4n) is 2.64. The number of sulfone groups is 1. The summed E-state index contributed by atoms with van der Waals surface area (Å²) < 4.78 is 29.6. The summed E-state index contributed by atoms with van der Waals surface area (Å²) in [6, 6.07) is 17.1. The molecule has 0 aromatic heterocycles. The number of amides is 1. The van der Waals surface area contributed by atoms with Crippen molar-refractivity contribution >= 4 is 15.7 Å². The third-order valence-corrected chi connectivity index (χ3v) is 5.68. The summed E-state index contributed by atoms with van der Waals surface area (Å²) in [7, 11) is -0.225. The van der Waals surface area contributed by atoms with Gasteiger partial charge in [-0.05, 0) is 36.1 Å². The molecule has 0 atom stereocenters. The van der Waals surface area contributed by atoms with Crippen LogP contribution < -0.4 is 4.74 Å². The quantitative estimate of drug-likeness (QED) is 0.676. The van der Waals surface area contributed by atoms with Crippen LogP contribution in [-0.4, -0.2) is 44.9 Å². The van der Waals surface area contributed by atoms with Crippen molar-refractivity contribution in [3.63, 3.8) is 0 Å². The fraction of sp³-hybridized carbons (Fsp3) is 0.350. The van der Waals surface area contributed by atoms with E-state index in [0.717, 1.165) is 11.1 Å². The molecule has 0 aliphatic rings. The lowest BCUT2D eigenvalue weighted by molar-refractivity contribution is -0.127. The Kier molecular flexibility index (Phi) is 7.21. The van der Waals surface area contributed by atoms with Crippen LogP contribution in [-0.2, 0) is 27.6 Å². The number of nitrogens with zero attached hydrogens (tertiary/aromatic N) is 1. The zero-order chi connectivity index (χ0) is 19.0. The molecule has 0 radical (unpaired) electrons. The Hall–Kier alpha value is -2.34. The molecule has 0 heterocycles. The van der Waals surface area contributed by atoms with Crippen molar-refractivity contribution in [1.82, 2.24) is 4.90 Å². The largest absolute Gasteiger partial charge is 0.497 e. The van der Waals surface area contributed by atoms with E-state index in [4.69, 9.17) is 4.74 Å². The van der Waals surface area contributed by atoms with Crippen molar-refractivity contribution in [1.29, 1.82) is 0 Å². The molecular weight excluding hydrogens is 350 g/mol. The molecule has 26 heavy (non-hydrogen) atoms. The number of aryl methyl sites for hydroxylation is 1. The number of ether oxygens (including phenoxy) is 1. The van der Waals surface area contributed by atoms with E-state index >= 15 is 0 Å². The molecule has 0 unspecified atom stereocenters. The average Bonchev–Trinajstić information content (AvgIpc) is 2.62. The average molecular weight is 375 g/mol. The minimum atomic E-state index is -3.42. The normalized spacial score (nSPS) is 11.2. The van der Waals surface area contributed by atoms with E-state index in [0.29, 0.717) is 25.1 Å². The Morgan fingerprint density at radius 3 is 2.42 bits per heavy atom. The van der Waals surface area contributed by atoms with Crippen molar-refractivity contribution in [2.75, 3.05) is 25.7 Å². The highest BCUT2D eigenvalue weighted by molar-refractivity contribution is 7.92. The third-order valence-electron chi connectivity index (χ3n) is 4.09. The van der Waals surface area contributed by atoms with Gasteiger partial charge in [-0.25, -0.2) is 8.42 Å². The number of rotatable bonds is 9. The van der Waals surface area contributed by atoms with E-state index in [1.165, 1.54) is 4.90 Å². The highest BCUT2D eigenvalue weighted by Gasteiger charge is 2.19. The van der Waals surface area contributed by atoms with E-state index in [9.17, 15) is 13.2 Å². The fourth-order valence-corrected chi connectivity index (χ4v) is 3.97. The lowest BCUT2D eigenvalue weighted by atomic mass is 10.1. The zero-order valence-electron chi connectivity index (χ0n) is 15.2. The van der Waals surface area contributed by atoms with Crippen LogP contribution in [0.1, 0.15) is 17.5 Å². The van der Waals surface area contributed by atoms with E-state index < -0.39 is 21.5 Å². The number of benzene rings is 2. The van der Waals surface area contributed by atoms with Crippen molar-refractivity contribution in [2.24, 2.45) is 0 Å². The molecule has 2 aromatic rings. The number of carbonyl (C=O) groups excluding carboxylic acids is 1. The maximum absolute atomic E-state index is 12.3. The molecule has 2 rings (SSSR count). The van der Waals surface area contributed by atoms with Crippen LogP contribution in [0.25, 0.3) is 0 Å². The summed E-state index contributed by atoms with van der Waals surface area (Å²) >= 11 is 0. The Balaban J connectivity index is 1.84. The van der Waals surface area contributed by atoms with Gasteiger partial charge in [0.25, 0.3) is 0 Å². The molecule has 0 saturated heterocycles. The van der Waals surface area contributed by atoms with Crippen molar-refractivity contribution < 1.29 is 17.9 Å². The van der Waals surface area contributed by atoms with Crippen LogP contribution in [0.15, 0.2) is 54.6 Å². The summed E-state index contributed by atoms with van der Waals surface area (Å²) in [4.78, 5) is 13.7. The number of hydrogen-bond donors (Lipinski definition) is 0. The van der Waals surface area contributed by atoms with Gasteiger partial charge in [-0.15, -0.1) is 0 Å². The Morgan fingerprint density at radius 1 is 1.04 bits per heavy atom. The molecule has 0 spiro atoms. The van der Waals surface area contributed by atoms with Gasteiger partial charge in [0.2, 0.25) is 5.91 Å². The second-order valence-corrected chi connectivity index (χ2v) is 8.47. The number of hydrogen-bond acceptors (Lipinski definition) is 4. The minimum Gasteiger partial charge on any atom is -0.497 e. The first-order valence-corrected chi connectivity index (χ1v) is 10.3. The van der Waals surface area contributed by atoms with Gasteiger partial charge < -0.3 is 9.64 Å². The van der Waals surface area contributed by atoms with Crippen LogP contribution in [0.2, 0.25) is 0 Å². The van der Waals surface area contributed by atoms with Crippen LogP contribution >= 0.6 is 0 Å². The van der Waals surface area contributed by atoms with Gasteiger partial charge in [0.05, 0.1) is 12.9 Å². The molecule has 0 aliphatic carbocycles. The van der Waals surface area contributed by atoms with E-state index in [2.05, 4.69) is 0 Å². The van der Waals surface area contributed by atoms with Gasteiger partial charge in [-0.2, -0.15) is 0 Å². The molecule has 140 valence electrons. The van der Waals surface area contributed by atoms with Gasteiger partial charge in [-0.3, -0.25) is 4.79 Å². The lowest BCUT2D eigenvalue weighted by Gasteiger charge is -2.17. The van der Waals surface area contributed by atoms with Crippen LogP contribution in [0, 0.1) is 0 Å². The highest BCUT2D eigenvalue weighted by Crippen LogP contribution is 2.14. The molecule has 0 saturated carbocycles. The summed E-state index contributed by atoms with van der Waals surface area (Å²) in [5, 5.41) is 0. The van der Waals surface area contributed by atoms with Gasteiger partial charge >= 0.3 is 0 Å². The molecule has 6 heteroatoms. The summed E-state index contributed by atoms with van der Waals surface area (Å²) in [5.74, 6) is -0.132. The minimum absolute atomic E-state index is 0.0145. The predicted molar refractivity (Wildman–Crippen MR) is 103 cm³/mol. The maximum atomic E-state index is 12.3. The first kappa shape index (κ1) is 20.0. The molecule has 2 aromatic carbocycles. The summed E-state index contributed by atoms with van der Waals surface area (Å²) in [5.41, 5.74) is 1.99. The molecule has 0 N–H and O–H groups in total. The monoisotopic (exact) mass is 375 g/mol. The molecule has 0 aliphatic heterocycles. The van der Waals surface area contributed by atoms with Crippen molar-refractivity contribution in [3.05, 3.63) is 65.7 Å². The molecule has 0 bridgehead atoms.